The van der Waals surface area contributed by atoms with Crippen LogP contribution in [0.5, 0.6) is 0 Å². The number of imidazole rings is 1. The van der Waals surface area contributed by atoms with Crippen LogP contribution < -0.4 is 5.32 Å². The predicted molar refractivity (Wildman–Crippen MR) is 87.0 cm³/mol. The topological polar surface area (TPSA) is 61.0 Å². The quantitative estimate of drug-likeness (QED) is 0.896. The first kappa shape index (κ1) is 15.5. The van der Waals surface area contributed by atoms with Crippen LogP contribution in [0.1, 0.15) is 61.5 Å². The molecular weight excluding hydrogens is 276 g/mol. The Morgan fingerprint density at radius 3 is 3.00 bits per heavy atom. The van der Waals surface area contributed by atoms with Gasteiger partial charge in [0.1, 0.15) is 11.5 Å². The number of nitrogens with one attached hydrogen (secondary N) is 2. The lowest BCUT2D eigenvalue weighted by Gasteiger charge is -2.36. The minimum Gasteiger partial charge on any atom is -0.351 e. The van der Waals surface area contributed by atoms with Crippen LogP contribution >= 0.6 is 0 Å². The summed E-state index contributed by atoms with van der Waals surface area (Å²) in [5, 5.41) is 2.92. The highest BCUT2D eigenvalue weighted by atomic mass is 16.1. The number of fused-ring (bicyclic) bond motifs is 1. The first-order valence-electron chi connectivity index (χ1n) is 8.73. The molecule has 1 aromatic heterocycles. The molecule has 1 atom stereocenters. The number of aromatic amines is 1. The van der Waals surface area contributed by atoms with Gasteiger partial charge in [0, 0.05) is 31.2 Å². The summed E-state index contributed by atoms with van der Waals surface area (Å²) >= 11 is 0. The minimum absolute atomic E-state index is 0.0160. The van der Waals surface area contributed by atoms with Gasteiger partial charge < -0.3 is 10.3 Å². The molecule has 0 saturated carbocycles. The molecule has 1 fully saturated rings. The van der Waals surface area contributed by atoms with E-state index in [0.717, 1.165) is 43.9 Å². The number of rotatable bonds is 4. The number of H-pyrrole nitrogens is 1. The number of carbonyl (C=O) groups is 1. The molecule has 2 N–H and O–H groups in total. The van der Waals surface area contributed by atoms with Crippen LogP contribution in [0.25, 0.3) is 0 Å². The first-order chi connectivity index (χ1) is 10.6. The maximum atomic E-state index is 12.0. The molecule has 22 heavy (non-hydrogen) atoms. The molecule has 0 unspecified atom stereocenters. The van der Waals surface area contributed by atoms with Gasteiger partial charge in [-0.3, -0.25) is 9.69 Å². The van der Waals surface area contributed by atoms with E-state index in [1.807, 2.05) is 0 Å². The zero-order valence-corrected chi connectivity index (χ0v) is 13.8. The molecule has 1 amide bonds. The van der Waals surface area contributed by atoms with Gasteiger partial charge in [0.15, 0.2) is 0 Å². The highest BCUT2D eigenvalue weighted by molar-refractivity contribution is 5.93. The predicted octanol–water partition coefficient (Wildman–Crippen LogP) is 2.14. The minimum atomic E-state index is -0.0160. The Labute approximate surface area is 132 Å². The van der Waals surface area contributed by atoms with E-state index in [4.69, 9.17) is 0 Å². The van der Waals surface area contributed by atoms with E-state index in [1.54, 1.807) is 0 Å². The lowest BCUT2D eigenvalue weighted by atomic mass is 9.98. The molecule has 0 radical (unpaired) electrons. The number of hydrogen-bond acceptors (Lipinski definition) is 3. The molecule has 2 aliphatic heterocycles. The third-order valence-corrected chi connectivity index (χ3v) is 4.71. The maximum absolute atomic E-state index is 12.0. The molecule has 0 bridgehead atoms. The zero-order chi connectivity index (χ0) is 15.5. The summed E-state index contributed by atoms with van der Waals surface area (Å²) in [5.41, 5.74) is 1.65. The molecule has 0 spiro atoms. The van der Waals surface area contributed by atoms with E-state index in [0.29, 0.717) is 17.7 Å². The van der Waals surface area contributed by atoms with Crippen molar-refractivity contribution in [2.24, 2.45) is 5.92 Å². The maximum Gasteiger partial charge on any atom is 0.271 e. The second kappa shape index (κ2) is 6.82. The number of carbonyl (C=O) groups excluding carboxylic acids is 1. The van der Waals surface area contributed by atoms with E-state index in [2.05, 4.69) is 34.0 Å². The fraction of sp³-hybridized carbons (Fsp3) is 0.765. The first-order valence-corrected chi connectivity index (χ1v) is 8.73. The molecule has 1 saturated heterocycles. The highest BCUT2D eigenvalue weighted by Gasteiger charge is 2.26. The number of amides is 1. The van der Waals surface area contributed by atoms with Crippen LogP contribution in [0, 0.1) is 5.92 Å². The fourth-order valence-electron chi connectivity index (χ4n) is 3.70. The van der Waals surface area contributed by atoms with Crippen molar-refractivity contribution in [3.8, 4) is 0 Å². The van der Waals surface area contributed by atoms with E-state index >= 15 is 0 Å². The van der Waals surface area contributed by atoms with Gasteiger partial charge in [-0.1, -0.05) is 20.3 Å². The van der Waals surface area contributed by atoms with Crippen molar-refractivity contribution in [2.45, 2.75) is 58.4 Å². The Hall–Kier alpha value is -1.36. The molecule has 122 valence electrons. The van der Waals surface area contributed by atoms with Crippen LogP contribution in [-0.4, -0.2) is 46.5 Å². The smallest absolute Gasteiger partial charge is 0.271 e. The summed E-state index contributed by atoms with van der Waals surface area (Å²) in [5.74, 6) is 1.67. The van der Waals surface area contributed by atoms with Crippen LogP contribution in [-0.2, 0) is 12.8 Å². The van der Waals surface area contributed by atoms with E-state index in [-0.39, 0.29) is 5.91 Å². The molecule has 5 heteroatoms. The van der Waals surface area contributed by atoms with Gasteiger partial charge in [0.05, 0.1) is 0 Å². The van der Waals surface area contributed by atoms with Gasteiger partial charge in [-0.25, -0.2) is 4.98 Å². The molecule has 1 aromatic rings. The molecule has 0 aromatic carbocycles. The van der Waals surface area contributed by atoms with Crippen molar-refractivity contribution in [3.63, 3.8) is 0 Å². The lowest BCUT2D eigenvalue weighted by molar-refractivity contribution is 0.0951. The van der Waals surface area contributed by atoms with Gasteiger partial charge >= 0.3 is 0 Å². The van der Waals surface area contributed by atoms with Gasteiger partial charge in [-0.15, -0.1) is 0 Å². The van der Waals surface area contributed by atoms with Crippen LogP contribution in [0.3, 0.4) is 0 Å². The van der Waals surface area contributed by atoms with Crippen LogP contribution in [0.15, 0.2) is 0 Å². The zero-order valence-electron chi connectivity index (χ0n) is 13.8. The van der Waals surface area contributed by atoms with Gasteiger partial charge in [-0.05, 0) is 38.1 Å². The van der Waals surface area contributed by atoms with Crippen molar-refractivity contribution in [1.29, 1.82) is 0 Å². The number of hydrogen-bond donors (Lipinski definition) is 2. The Bertz CT molecular complexity index is 523. The average molecular weight is 304 g/mol. The van der Waals surface area contributed by atoms with E-state index in [1.165, 1.54) is 25.8 Å². The number of aromatic nitrogens is 2. The standard InChI is InChI=1S/C17H28N4O/c1-12(2)11-21-9-4-3-6-13(21)10-15-19-14-7-5-8-18-17(22)16(14)20-15/h12-13H,3-11H2,1-2H3,(H,18,22)(H,19,20)/t13-/m0/s1. The lowest BCUT2D eigenvalue weighted by Crippen LogP contribution is -2.43. The Balaban J connectivity index is 1.71. The number of nitrogens with zero attached hydrogens (tertiary/aromatic N) is 2. The summed E-state index contributed by atoms with van der Waals surface area (Å²) in [6.45, 7) is 7.68. The summed E-state index contributed by atoms with van der Waals surface area (Å²) in [6, 6.07) is 0.564. The normalized spacial score (nSPS) is 23.2. The van der Waals surface area contributed by atoms with Crippen LogP contribution in [0.4, 0.5) is 0 Å². The van der Waals surface area contributed by atoms with Crippen molar-refractivity contribution in [3.05, 3.63) is 17.2 Å². The molecular formula is C17H28N4O. The third-order valence-electron chi connectivity index (χ3n) is 4.71. The highest BCUT2D eigenvalue weighted by Crippen LogP contribution is 2.22. The molecule has 3 rings (SSSR count). The van der Waals surface area contributed by atoms with E-state index in [9.17, 15) is 4.79 Å². The van der Waals surface area contributed by atoms with E-state index < -0.39 is 0 Å². The monoisotopic (exact) mass is 304 g/mol. The molecule has 0 aliphatic carbocycles. The number of likely N-dealkylation sites (tertiary alicyclic amines) is 1. The second-order valence-electron chi connectivity index (χ2n) is 7.11. The summed E-state index contributed by atoms with van der Waals surface area (Å²) in [4.78, 5) is 22.7. The SMILES string of the molecule is CC(C)CN1CCCC[C@H]1Cc1nc2c([nH]1)CCCNC2=O. The molecule has 2 aliphatic rings. The van der Waals surface area contributed by atoms with Crippen LogP contribution in [0.2, 0.25) is 0 Å². The van der Waals surface area contributed by atoms with Gasteiger partial charge in [0.25, 0.3) is 5.91 Å². The Kier molecular flexibility index (Phi) is 4.81. The summed E-state index contributed by atoms with van der Waals surface area (Å²) in [7, 11) is 0. The average Bonchev–Trinajstić information content (AvgIpc) is 2.80. The fourth-order valence-corrected chi connectivity index (χ4v) is 3.70. The Morgan fingerprint density at radius 2 is 2.18 bits per heavy atom. The van der Waals surface area contributed by atoms with Crippen molar-refractivity contribution in [1.82, 2.24) is 20.2 Å². The third kappa shape index (κ3) is 3.51. The van der Waals surface area contributed by atoms with Gasteiger partial charge in [0.2, 0.25) is 0 Å². The number of aryl methyl sites for hydroxylation is 1. The number of piperidine rings is 1. The largest absolute Gasteiger partial charge is 0.351 e. The van der Waals surface area contributed by atoms with Crippen molar-refractivity contribution >= 4 is 5.91 Å². The molecule has 3 heterocycles. The Morgan fingerprint density at radius 1 is 1.32 bits per heavy atom. The summed E-state index contributed by atoms with van der Waals surface area (Å²) in [6.07, 6.45) is 6.70. The second-order valence-corrected chi connectivity index (χ2v) is 7.11. The molecule has 5 nitrogen and oxygen atoms in total. The van der Waals surface area contributed by atoms with Gasteiger partial charge in [-0.2, -0.15) is 0 Å². The van der Waals surface area contributed by atoms with Crippen molar-refractivity contribution in [2.75, 3.05) is 19.6 Å². The summed E-state index contributed by atoms with van der Waals surface area (Å²) < 4.78 is 0. The van der Waals surface area contributed by atoms with Crippen molar-refractivity contribution < 1.29 is 4.79 Å².